The average molecular weight is 615 g/mol. The number of aromatic nitrogens is 4. The van der Waals surface area contributed by atoms with Crippen molar-refractivity contribution in [2.45, 2.75) is 38.6 Å². The number of nitrogens with zero attached hydrogens (tertiary/aromatic N) is 5. The van der Waals surface area contributed by atoms with Crippen molar-refractivity contribution in [1.29, 1.82) is 0 Å². The summed E-state index contributed by atoms with van der Waals surface area (Å²) in [4.78, 5) is 33.2. The smallest absolute Gasteiger partial charge is 0.417 e. The number of hydrogen-bond donors (Lipinski definition) is 1. The Morgan fingerprint density at radius 2 is 1.79 bits per heavy atom. The summed E-state index contributed by atoms with van der Waals surface area (Å²) >= 11 is 7.25. The number of fused-ring (bicyclic) bond motifs is 1. The van der Waals surface area contributed by atoms with Crippen LogP contribution in [0.4, 0.5) is 13.2 Å². The molecular formula is C29H26ClF3N6O2S. The fraction of sp³-hybridized carbons (Fsp3) is 0.345. The molecule has 13 heteroatoms. The summed E-state index contributed by atoms with van der Waals surface area (Å²) in [5.74, 6) is 0.999. The lowest BCUT2D eigenvalue weighted by atomic mass is 9.94. The molecule has 2 fully saturated rings. The molecule has 3 aromatic heterocycles. The topological polar surface area (TPSA) is 107 Å². The van der Waals surface area contributed by atoms with Gasteiger partial charge < -0.3 is 15.4 Å². The molecule has 2 aliphatic rings. The van der Waals surface area contributed by atoms with Gasteiger partial charge in [0.05, 0.1) is 22.0 Å². The quantitative estimate of drug-likeness (QED) is 0.284. The van der Waals surface area contributed by atoms with E-state index in [1.54, 1.807) is 37.5 Å². The molecule has 6 rings (SSSR count). The SMILES string of the molecule is Cc1nc(-c2ncccn2)sc1C(=O)N1CC2C(C1)C2Oc1cc(C(C)(C)N)cc(-c2ccc(C(F)(F)F)c(Cl)c2)n1. The Hall–Kier alpha value is -3.61. The number of benzene rings is 1. The number of rotatable bonds is 6. The summed E-state index contributed by atoms with van der Waals surface area (Å²) < 4.78 is 46.0. The second-order valence-corrected chi connectivity index (χ2v) is 12.5. The van der Waals surface area contributed by atoms with E-state index in [9.17, 15) is 18.0 Å². The van der Waals surface area contributed by atoms with Gasteiger partial charge in [-0.05, 0) is 50.6 Å². The normalized spacial score (nSPS) is 20.0. The average Bonchev–Trinajstić information content (AvgIpc) is 3.25. The molecule has 4 aromatic rings. The van der Waals surface area contributed by atoms with E-state index in [1.807, 2.05) is 18.7 Å². The van der Waals surface area contributed by atoms with Crippen LogP contribution in [0.5, 0.6) is 5.88 Å². The molecule has 2 N–H and O–H groups in total. The minimum Gasteiger partial charge on any atom is -0.474 e. The lowest BCUT2D eigenvalue weighted by Crippen LogP contribution is -2.33. The number of halogens is 4. The van der Waals surface area contributed by atoms with Gasteiger partial charge in [0.1, 0.15) is 11.0 Å². The third kappa shape index (κ3) is 5.46. The van der Waals surface area contributed by atoms with Crippen LogP contribution in [-0.2, 0) is 11.7 Å². The van der Waals surface area contributed by atoms with Gasteiger partial charge in [0.2, 0.25) is 5.88 Å². The number of aryl methyl sites for hydroxylation is 1. The molecule has 218 valence electrons. The largest absolute Gasteiger partial charge is 0.474 e. The first-order chi connectivity index (χ1) is 19.8. The van der Waals surface area contributed by atoms with Gasteiger partial charge in [-0.25, -0.2) is 19.9 Å². The highest BCUT2D eigenvalue weighted by molar-refractivity contribution is 7.17. The van der Waals surface area contributed by atoms with Crippen molar-refractivity contribution in [2.24, 2.45) is 17.6 Å². The number of nitrogens with two attached hydrogens (primary N) is 1. The van der Waals surface area contributed by atoms with Crippen LogP contribution in [0, 0.1) is 18.8 Å². The number of amides is 1. The molecule has 4 heterocycles. The van der Waals surface area contributed by atoms with E-state index in [4.69, 9.17) is 22.1 Å². The fourth-order valence-corrected chi connectivity index (χ4v) is 6.46. The summed E-state index contributed by atoms with van der Waals surface area (Å²) in [5, 5.41) is 0.184. The highest BCUT2D eigenvalue weighted by atomic mass is 35.5. The number of alkyl halides is 3. The van der Waals surface area contributed by atoms with Crippen LogP contribution < -0.4 is 10.5 Å². The molecule has 1 amide bonds. The highest BCUT2D eigenvalue weighted by Crippen LogP contribution is 2.49. The first-order valence-corrected chi connectivity index (χ1v) is 14.4. The number of ether oxygens (including phenoxy) is 1. The van der Waals surface area contributed by atoms with E-state index < -0.39 is 22.3 Å². The number of carbonyl (C=O) groups excluding carboxylic acids is 1. The third-order valence-electron chi connectivity index (χ3n) is 7.52. The number of thiazole rings is 1. The van der Waals surface area contributed by atoms with E-state index in [0.29, 0.717) is 57.2 Å². The molecule has 0 bridgehead atoms. The Bertz CT molecular complexity index is 1660. The molecule has 1 saturated carbocycles. The number of carbonyl (C=O) groups is 1. The van der Waals surface area contributed by atoms with Gasteiger partial charge in [0.15, 0.2) is 10.8 Å². The monoisotopic (exact) mass is 614 g/mol. The van der Waals surface area contributed by atoms with Gasteiger partial charge in [0.25, 0.3) is 5.91 Å². The van der Waals surface area contributed by atoms with Crippen LogP contribution >= 0.6 is 22.9 Å². The molecule has 1 aliphatic carbocycles. The molecule has 0 spiro atoms. The molecule has 2 atom stereocenters. The molecule has 1 aromatic carbocycles. The Balaban J connectivity index is 1.17. The van der Waals surface area contributed by atoms with Gasteiger partial charge in [-0.15, -0.1) is 11.3 Å². The van der Waals surface area contributed by atoms with Crippen LogP contribution in [0.25, 0.3) is 22.1 Å². The van der Waals surface area contributed by atoms with Crippen LogP contribution in [0.3, 0.4) is 0 Å². The summed E-state index contributed by atoms with van der Waals surface area (Å²) in [6, 6.07) is 8.72. The third-order valence-corrected chi connectivity index (χ3v) is 8.98. The maximum absolute atomic E-state index is 13.3. The first kappa shape index (κ1) is 28.5. The van der Waals surface area contributed by atoms with Crippen molar-refractivity contribution in [1.82, 2.24) is 24.8 Å². The molecular weight excluding hydrogens is 589 g/mol. The van der Waals surface area contributed by atoms with E-state index >= 15 is 0 Å². The van der Waals surface area contributed by atoms with E-state index in [-0.39, 0.29) is 23.8 Å². The summed E-state index contributed by atoms with van der Waals surface area (Å²) in [6.45, 7) is 6.51. The first-order valence-electron chi connectivity index (χ1n) is 13.2. The Labute approximate surface area is 248 Å². The lowest BCUT2D eigenvalue weighted by molar-refractivity contribution is -0.137. The van der Waals surface area contributed by atoms with Gasteiger partial charge in [-0.2, -0.15) is 13.2 Å². The zero-order valence-corrected chi connectivity index (χ0v) is 24.4. The van der Waals surface area contributed by atoms with Crippen molar-refractivity contribution in [2.75, 3.05) is 13.1 Å². The number of pyridine rings is 1. The Kier molecular flexibility index (Phi) is 6.98. The van der Waals surface area contributed by atoms with Gasteiger partial charge in [-0.1, -0.05) is 17.7 Å². The molecule has 1 aliphatic heterocycles. The fourth-order valence-electron chi connectivity index (χ4n) is 5.19. The van der Waals surface area contributed by atoms with Crippen LogP contribution in [0.2, 0.25) is 5.02 Å². The van der Waals surface area contributed by atoms with Crippen LogP contribution in [0.15, 0.2) is 48.8 Å². The zero-order chi connectivity index (χ0) is 30.0. The lowest BCUT2D eigenvalue weighted by Gasteiger charge is -2.22. The molecule has 1 saturated heterocycles. The predicted molar refractivity (Wildman–Crippen MR) is 152 cm³/mol. The summed E-state index contributed by atoms with van der Waals surface area (Å²) in [7, 11) is 0. The van der Waals surface area contributed by atoms with Crippen molar-refractivity contribution in [3.8, 4) is 28.0 Å². The number of hydrogen-bond acceptors (Lipinski definition) is 8. The van der Waals surface area contributed by atoms with Gasteiger partial charge in [0, 0.05) is 54.5 Å². The highest BCUT2D eigenvalue weighted by Gasteiger charge is 2.59. The van der Waals surface area contributed by atoms with Crippen LogP contribution in [0.1, 0.15) is 40.3 Å². The standard InChI is InChI=1S/C29H26ClF3N6O2S/c1-14-24(42-26(37-14)25-35-7-4-8-36-25)27(40)39-12-17-18(13-39)23(17)41-22-11-16(28(2,3)34)10-21(38-22)15-5-6-19(20(30)9-15)29(31,32)33/h4-11,17-18,23H,12-13,34H2,1-3H3. The van der Waals surface area contributed by atoms with Gasteiger partial charge >= 0.3 is 6.18 Å². The van der Waals surface area contributed by atoms with E-state index in [0.717, 1.165) is 6.07 Å². The maximum atomic E-state index is 13.3. The van der Waals surface area contributed by atoms with Crippen molar-refractivity contribution < 1.29 is 22.7 Å². The van der Waals surface area contributed by atoms with Crippen molar-refractivity contribution in [3.05, 3.63) is 75.5 Å². The maximum Gasteiger partial charge on any atom is 0.417 e. The molecule has 0 radical (unpaired) electrons. The number of likely N-dealkylation sites (tertiary alicyclic amines) is 1. The second kappa shape index (κ2) is 10.3. The van der Waals surface area contributed by atoms with Gasteiger partial charge in [-0.3, -0.25) is 4.79 Å². The minimum absolute atomic E-state index is 0.0791. The van der Waals surface area contributed by atoms with Crippen molar-refractivity contribution in [3.63, 3.8) is 0 Å². The zero-order valence-electron chi connectivity index (χ0n) is 22.8. The van der Waals surface area contributed by atoms with E-state index in [1.165, 1.54) is 23.5 Å². The van der Waals surface area contributed by atoms with E-state index in [2.05, 4.69) is 19.9 Å². The Morgan fingerprint density at radius 3 is 2.40 bits per heavy atom. The predicted octanol–water partition coefficient (Wildman–Crippen LogP) is 5.99. The Morgan fingerprint density at radius 1 is 1.10 bits per heavy atom. The molecule has 8 nitrogen and oxygen atoms in total. The molecule has 2 unspecified atom stereocenters. The second-order valence-electron chi connectivity index (χ2n) is 11.1. The summed E-state index contributed by atoms with van der Waals surface area (Å²) in [5.41, 5.74) is 6.86. The minimum atomic E-state index is -4.56. The number of piperidine rings is 1. The van der Waals surface area contributed by atoms with Crippen LogP contribution in [-0.4, -0.2) is 49.9 Å². The van der Waals surface area contributed by atoms with Crippen molar-refractivity contribution >= 4 is 28.8 Å². The molecule has 42 heavy (non-hydrogen) atoms. The summed E-state index contributed by atoms with van der Waals surface area (Å²) in [6.07, 6.45) is -1.43.